The molecule has 1 aromatic carbocycles. The zero-order valence-electron chi connectivity index (χ0n) is 15.0. The summed E-state index contributed by atoms with van der Waals surface area (Å²) in [5.41, 5.74) is 2.36. The van der Waals surface area contributed by atoms with E-state index in [9.17, 15) is 4.79 Å². The molecule has 0 saturated carbocycles. The number of amides is 1. The standard InChI is InChI=1S/C19H23N5O.2ClH/c25-19-16-15(8-10-21-19)18(22-12-13-5-4-9-20-11-13)24-17(23-16)14-6-2-1-3-7-14;;/h1-3,6-7,13,20H,4-5,8-12H2,(H,21,25)(H,22,23,24);2*1H. The van der Waals surface area contributed by atoms with Gasteiger partial charge in [-0.25, -0.2) is 9.97 Å². The number of piperidine rings is 1. The molecule has 2 aliphatic rings. The monoisotopic (exact) mass is 409 g/mol. The Hall–Kier alpha value is -1.89. The van der Waals surface area contributed by atoms with Gasteiger partial charge in [0.2, 0.25) is 0 Å². The second-order valence-electron chi connectivity index (χ2n) is 6.69. The smallest absolute Gasteiger partial charge is 0.270 e. The average Bonchev–Trinajstić information content (AvgIpc) is 2.68. The number of anilines is 1. The maximum atomic E-state index is 12.3. The van der Waals surface area contributed by atoms with E-state index in [2.05, 4.69) is 20.9 Å². The molecule has 1 saturated heterocycles. The quantitative estimate of drug-likeness (QED) is 0.723. The Morgan fingerprint density at radius 2 is 1.93 bits per heavy atom. The third-order valence-corrected chi connectivity index (χ3v) is 4.87. The number of hydrogen-bond donors (Lipinski definition) is 3. The lowest BCUT2D eigenvalue weighted by Gasteiger charge is -2.25. The third kappa shape index (κ3) is 4.89. The zero-order valence-corrected chi connectivity index (χ0v) is 16.7. The Balaban J connectivity index is 0.00000131. The summed E-state index contributed by atoms with van der Waals surface area (Å²) in [6.07, 6.45) is 3.20. The van der Waals surface area contributed by atoms with Gasteiger partial charge in [-0.3, -0.25) is 4.79 Å². The fourth-order valence-corrected chi connectivity index (χ4v) is 3.50. The van der Waals surface area contributed by atoms with Crippen molar-refractivity contribution in [2.75, 3.05) is 31.5 Å². The molecule has 0 radical (unpaired) electrons. The second-order valence-corrected chi connectivity index (χ2v) is 6.69. The number of fused-ring (bicyclic) bond motifs is 1. The molecule has 1 aromatic heterocycles. The van der Waals surface area contributed by atoms with E-state index >= 15 is 0 Å². The first-order chi connectivity index (χ1) is 12.3. The van der Waals surface area contributed by atoms with Crippen LogP contribution < -0.4 is 16.0 Å². The van der Waals surface area contributed by atoms with Crippen LogP contribution in [0.4, 0.5) is 5.82 Å². The molecular weight excluding hydrogens is 385 g/mol. The molecule has 1 atom stereocenters. The molecule has 0 aliphatic carbocycles. The van der Waals surface area contributed by atoms with Crippen molar-refractivity contribution in [3.8, 4) is 11.4 Å². The van der Waals surface area contributed by atoms with Gasteiger partial charge in [0.15, 0.2) is 5.82 Å². The molecule has 1 amide bonds. The summed E-state index contributed by atoms with van der Waals surface area (Å²) >= 11 is 0. The highest BCUT2D eigenvalue weighted by atomic mass is 35.5. The summed E-state index contributed by atoms with van der Waals surface area (Å²) in [6.45, 7) is 3.65. The molecule has 4 rings (SSSR count). The van der Waals surface area contributed by atoms with Crippen molar-refractivity contribution in [1.29, 1.82) is 0 Å². The topological polar surface area (TPSA) is 78.9 Å². The van der Waals surface area contributed by atoms with Gasteiger partial charge < -0.3 is 16.0 Å². The predicted octanol–water partition coefficient (Wildman–Crippen LogP) is 2.68. The minimum atomic E-state index is -0.108. The number of nitrogens with zero attached hydrogens (tertiary/aromatic N) is 2. The summed E-state index contributed by atoms with van der Waals surface area (Å²) in [7, 11) is 0. The number of aromatic nitrogens is 2. The Morgan fingerprint density at radius 1 is 1.11 bits per heavy atom. The first kappa shape index (κ1) is 21.4. The van der Waals surface area contributed by atoms with Crippen LogP contribution in [-0.4, -0.2) is 42.1 Å². The van der Waals surface area contributed by atoms with Crippen molar-refractivity contribution in [1.82, 2.24) is 20.6 Å². The molecule has 8 heteroatoms. The van der Waals surface area contributed by atoms with Crippen LogP contribution >= 0.6 is 24.8 Å². The van der Waals surface area contributed by atoms with Gasteiger partial charge in [-0.05, 0) is 38.3 Å². The van der Waals surface area contributed by atoms with E-state index in [4.69, 9.17) is 4.98 Å². The first-order valence-electron chi connectivity index (χ1n) is 9.00. The van der Waals surface area contributed by atoms with Gasteiger partial charge in [-0.15, -0.1) is 24.8 Å². The van der Waals surface area contributed by atoms with Crippen LogP contribution in [0.5, 0.6) is 0 Å². The molecule has 0 bridgehead atoms. The minimum absolute atomic E-state index is 0. The lowest BCUT2D eigenvalue weighted by Crippen LogP contribution is -2.36. The summed E-state index contributed by atoms with van der Waals surface area (Å²) < 4.78 is 0. The van der Waals surface area contributed by atoms with E-state index in [0.717, 1.165) is 43.0 Å². The Morgan fingerprint density at radius 3 is 2.67 bits per heavy atom. The van der Waals surface area contributed by atoms with Crippen LogP contribution in [0.1, 0.15) is 28.9 Å². The zero-order chi connectivity index (χ0) is 17.1. The molecule has 27 heavy (non-hydrogen) atoms. The van der Waals surface area contributed by atoms with E-state index in [0.29, 0.717) is 24.0 Å². The highest BCUT2D eigenvalue weighted by Gasteiger charge is 2.24. The summed E-state index contributed by atoms with van der Waals surface area (Å²) in [5.74, 6) is 1.89. The molecule has 3 N–H and O–H groups in total. The van der Waals surface area contributed by atoms with Crippen LogP contribution in [0.25, 0.3) is 11.4 Å². The summed E-state index contributed by atoms with van der Waals surface area (Å²) in [5, 5.41) is 9.83. The van der Waals surface area contributed by atoms with Crippen LogP contribution in [0.2, 0.25) is 0 Å². The van der Waals surface area contributed by atoms with E-state index in [1.807, 2.05) is 30.3 Å². The molecule has 1 fully saturated rings. The fourth-order valence-electron chi connectivity index (χ4n) is 3.50. The lowest BCUT2D eigenvalue weighted by atomic mass is 9.99. The van der Waals surface area contributed by atoms with E-state index < -0.39 is 0 Å². The number of rotatable bonds is 4. The molecule has 6 nitrogen and oxygen atoms in total. The molecule has 1 unspecified atom stereocenters. The number of carbonyl (C=O) groups is 1. The Bertz CT molecular complexity index is 766. The molecule has 146 valence electrons. The van der Waals surface area contributed by atoms with Crippen LogP contribution in [-0.2, 0) is 6.42 Å². The fraction of sp³-hybridized carbons (Fsp3) is 0.421. The third-order valence-electron chi connectivity index (χ3n) is 4.87. The number of halogens is 2. The maximum Gasteiger partial charge on any atom is 0.270 e. The maximum absolute atomic E-state index is 12.3. The minimum Gasteiger partial charge on any atom is -0.369 e. The highest BCUT2D eigenvalue weighted by Crippen LogP contribution is 2.25. The summed E-state index contributed by atoms with van der Waals surface area (Å²) in [4.78, 5) is 21.6. The normalized spacial score (nSPS) is 18.4. The van der Waals surface area contributed by atoms with Gasteiger partial charge >= 0.3 is 0 Å². The van der Waals surface area contributed by atoms with Crippen LogP contribution in [0.15, 0.2) is 30.3 Å². The molecule has 2 aromatic rings. The van der Waals surface area contributed by atoms with Gasteiger partial charge in [0.25, 0.3) is 5.91 Å². The van der Waals surface area contributed by atoms with Crippen molar-refractivity contribution in [3.63, 3.8) is 0 Å². The van der Waals surface area contributed by atoms with Gasteiger partial charge in [-0.2, -0.15) is 0 Å². The van der Waals surface area contributed by atoms with Crippen molar-refractivity contribution >= 4 is 36.5 Å². The SMILES string of the molecule is Cl.Cl.O=C1NCCc2c(NCC3CCCNC3)nc(-c3ccccc3)nc21. The number of carbonyl (C=O) groups excluding carboxylic acids is 1. The first-order valence-corrected chi connectivity index (χ1v) is 9.00. The van der Waals surface area contributed by atoms with E-state index in [1.54, 1.807) is 0 Å². The predicted molar refractivity (Wildman–Crippen MR) is 112 cm³/mol. The van der Waals surface area contributed by atoms with Gasteiger partial charge in [0.05, 0.1) is 0 Å². The average molecular weight is 410 g/mol. The number of nitrogens with one attached hydrogen (secondary N) is 3. The van der Waals surface area contributed by atoms with Crippen molar-refractivity contribution in [3.05, 3.63) is 41.6 Å². The lowest BCUT2D eigenvalue weighted by molar-refractivity contribution is 0.0940. The van der Waals surface area contributed by atoms with Gasteiger partial charge in [0.1, 0.15) is 11.5 Å². The Kier molecular flexibility index (Phi) is 7.83. The summed E-state index contributed by atoms with van der Waals surface area (Å²) in [6, 6.07) is 9.82. The number of hydrogen-bond acceptors (Lipinski definition) is 5. The van der Waals surface area contributed by atoms with E-state index in [1.165, 1.54) is 12.8 Å². The molecule has 3 heterocycles. The van der Waals surface area contributed by atoms with Gasteiger partial charge in [-0.1, -0.05) is 30.3 Å². The largest absolute Gasteiger partial charge is 0.369 e. The second kappa shape index (κ2) is 9.88. The van der Waals surface area contributed by atoms with Crippen LogP contribution in [0.3, 0.4) is 0 Å². The molecule has 2 aliphatic heterocycles. The van der Waals surface area contributed by atoms with E-state index in [-0.39, 0.29) is 30.7 Å². The highest BCUT2D eigenvalue weighted by molar-refractivity contribution is 5.96. The molecular formula is C19H25Cl2N5O. The van der Waals surface area contributed by atoms with Gasteiger partial charge in [0, 0.05) is 24.2 Å². The van der Waals surface area contributed by atoms with Crippen molar-refractivity contribution in [2.45, 2.75) is 19.3 Å². The van der Waals surface area contributed by atoms with Crippen LogP contribution in [0, 0.1) is 5.92 Å². The Labute approximate surface area is 171 Å². The van der Waals surface area contributed by atoms with Crippen molar-refractivity contribution in [2.24, 2.45) is 5.92 Å². The molecule has 0 spiro atoms. The number of benzene rings is 1. The van der Waals surface area contributed by atoms with Crippen molar-refractivity contribution < 1.29 is 4.79 Å².